The molecule has 0 aromatic rings. The van der Waals surface area contributed by atoms with E-state index in [1.807, 2.05) is 0 Å². The van der Waals surface area contributed by atoms with Crippen molar-refractivity contribution in [3.63, 3.8) is 0 Å². The molecule has 0 bridgehead atoms. The highest BCUT2D eigenvalue weighted by Crippen LogP contribution is 2.36. The minimum Gasteiger partial charge on any atom is -0.468 e. The summed E-state index contributed by atoms with van der Waals surface area (Å²) in [5.41, 5.74) is -0.653. The maximum Gasteiger partial charge on any atom is 0.320 e. The maximum absolute atomic E-state index is 11.3. The molecular weight excluding hydrogens is 332 g/mol. The zero-order chi connectivity index (χ0) is 12.2. The molecular formula is C9H14Br2O4. The van der Waals surface area contributed by atoms with Gasteiger partial charge >= 0.3 is 11.9 Å². The van der Waals surface area contributed by atoms with E-state index in [1.54, 1.807) is 13.8 Å². The van der Waals surface area contributed by atoms with Crippen LogP contribution in [0.1, 0.15) is 13.8 Å². The van der Waals surface area contributed by atoms with Gasteiger partial charge < -0.3 is 9.47 Å². The van der Waals surface area contributed by atoms with E-state index in [9.17, 15) is 9.59 Å². The van der Waals surface area contributed by atoms with Crippen LogP contribution in [0.4, 0.5) is 0 Å². The number of carbonyl (C=O) groups is 2. The van der Waals surface area contributed by atoms with E-state index < -0.39 is 27.0 Å². The Hall–Kier alpha value is -0.100. The monoisotopic (exact) mass is 344 g/mol. The standard InChI is InChI=1S/C9H14Br2O4/c1-9(2,5(10)7(12)14-3)6(11)8(13)15-4/h5-6H,1-4H3. The van der Waals surface area contributed by atoms with E-state index in [1.165, 1.54) is 14.2 Å². The molecule has 0 heterocycles. The number of halogens is 2. The zero-order valence-corrected chi connectivity index (χ0v) is 12.2. The fourth-order valence-electron chi connectivity index (χ4n) is 0.943. The SMILES string of the molecule is COC(=O)C(Br)C(C)(C)C(Br)C(=O)OC. The molecule has 0 saturated heterocycles. The van der Waals surface area contributed by atoms with Gasteiger partial charge in [-0.15, -0.1) is 0 Å². The van der Waals surface area contributed by atoms with Crippen LogP contribution >= 0.6 is 31.9 Å². The van der Waals surface area contributed by atoms with Gasteiger partial charge in [-0.1, -0.05) is 45.7 Å². The van der Waals surface area contributed by atoms with Crippen LogP contribution < -0.4 is 0 Å². The van der Waals surface area contributed by atoms with Gasteiger partial charge in [-0.05, 0) is 0 Å². The quantitative estimate of drug-likeness (QED) is 0.576. The summed E-state index contributed by atoms with van der Waals surface area (Å²) in [7, 11) is 2.60. The van der Waals surface area contributed by atoms with Crippen LogP contribution in [0, 0.1) is 5.41 Å². The number of alkyl halides is 2. The summed E-state index contributed by atoms with van der Waals surface area (Å²) >= 11 is 6.42. The Labute approximate surface area is 106 Å². The van der Waals surface area contributed by atoms with Gasteiger partial charge in [0.15, 0.2) is 0 Å². The summed E-state index contributed by atoms with van der Waals surface area (Å²) in [6.07, 6.45) is 0. The Balaban J connectivity index is 4.79. The van der Waals surface area contributed by atoms with Crippen molar-refractivity contribution in [2.24, 2.45) is 5.41 Å². The summed E-state index contributed by atoms with van der Waals surface area (Å²) in [4.78, 5) is 21.5. The Morgan fingerprint density at radius 2 is 1.27 bits per heavy atom. The molecule has 0 aromatic heterocycles. The predicted molar refractivity (Wildman–Crippen MR) is 63.2 cm³/mol. The first kappa shape index (κ1) is 14.9. The third-order valence-corrected chi connectivity index (χ3v) is 5.23. The van der Waals surface area contributed by atoms with E-state index in [4.69, 9.17) is 0 Å². The average Bonchev–Trinajstić information content (AvgIpc) is 2.24. The molecule has 2 atom stereocenters. The molecule has 15 heavy (non-hydrogen) atoms. The molecule has 0 aliphatic carbocycles. The van der Waals surface area contributed by atoms with Crippen molar-refractivity contribution in [1.29, 1.82) is 0 Å². The lowest BCUT2D eigenvalue weighted by atomic mass is 9.85. The average molecular weight is 346 g/mol. The minimum atomic E-state index is -0.653. The second-order valence-electron chi connectivity index (χ2n) is 3.59. The molecule has 0 aliphatic rings. The number of carbonyl (C=O) groups excluding carboxylic acids is 2. The van der Waals surface area contributed by atoms with E-state index in [2.05, 4.69) is 41.3 Å². The van der Waals surface area contributed by atoms with Crippen LogP contribution in [-0.4, -0.2) is 35.8 Å². The van der Waals surface area contributed by atoms with Crippen molar-refractivity contribution in [2.45, 2.75) is 23.5 Å². The van der Waals surface area contributed by atoms with Crippen molar-refractivity contribution in [2.75, 3.05) is 14.2 Å². The molecule has 0 saturated carbocycles. The van der Waals surface area contributed by atoms with Gasteiger partial charge in [0.2, 0.25) is 0 Å². The number of methoxy groups -OCH3 is 2. The number of ether oxygens (including phenoxy) is 2. The summed E-state index contributed by atoms with van der Waals surface area (Å²) < 4.78 is 9.21. The molecule has 2 unspecified atom stereocenters. The highest BCUT2D eigenvalue weighted by molar-refractivity contribution is 9.10. The molecule has 88 valence electrons. The first-order valence-electron chi connectivity index (χ1n) is 4.22. The van der Waals surface area contributed by atoms with Crippen LogP contribution in [0.15, 0.2) is 0 Å². The van der Waals surface area contributed by atoms with E-state index in [0.717, 1.165) is 0 Å². The van der Waals surface area contributed by atoms with Crippen molar-refractivity contribution in [1.82, 2.24) is 0 Å². The summed E-state index contributed by atoms with van der Waals surface area (Å²) in [6.45, 7) is 3.53. The lowest BCUT2D eigenvalue weighted by Gasteiger charge is -2.31. The molecule has 0 rings (SSSR count). The van der Waals surface area contributed by atoms with Crippen molar-refractivity contribution in [3.8, 4) is 0 Å². The summed E-state index contributed by atoms with van der Waals surface area (Å²) in [5, 5.41) is 0. The minimum absolute atomic E-state index is 0.423. The van der Waals surface area contributed by atoms with Gasteiger partial charge in [0.05, 0.1) is 14.2 Å². The van der Waals surface area contributed by atoms with E-state index >= 15 is 0 Å². The summed E-state index contributed by atoms with van der Waals surface area (Å²) in [5.74, 6) is -0.846. The molecule has 0 aromatic carbocycles. The first-order chi connectivity index (χ1) is 6.78. The van der Waals surface area contributed by atoms with Crippen LogP contribution in [0.25, 0.3) is 0 Å². The molecule has 0 N–H and O–H groups in total. The summed E-state index contributed by atoms with van der Waals surface area (Å²) in [6, 6.07) is 0. The molecule has 0 radical (unpaired) electrons. The van der Waals surface area contributed by atoms with Crippen LogP contribution in [0.2, 0.25) is 0 Å². The van der Waals surface area contributed by atoms with Gasteiger partial charge in [0.25, 0.3) is 0 Å². The molecule has 0 spiro atoms. The Kier molecular flexibility index (Phi) is 5.80. The Morgan fingerprint density at radius 3 is 1.47 bits per heavy atom. The molecule has 4 nitrogen and oxygen atoms in total. The number of esters is 2. The maximum atomic E-state index is 11.3. The third kappa shape index (κ3) is 3.45. The second-order valence-corrected chi connectivity index (χ2v) is 5.42. The highest BCUT2D eigenvalue weighted by atomic mass is 79.9. The predicted octanol–water partition coefficient (Wildman–Crippen LogP) is 1.89. The Morgan fingerprint density at radius 1 is 1.00 bits per heavy atom. The topological polar surface area (TPSA) is 52.6 Å². The van der Waals surface area contributed by atoms with Gasteiger partial charge in [-0.3, -0.25) is 9.59 Å². The van der Waals surface area contributed by atoms with Crippen molar-refractivity contribution in [3.05, 3.63) is 0 Å². The first-order valence-corrected chi connectivity index (χ1v) is 6.06. The van der Waals surface area contributed by atoms with E-state index in [-0.39, 0.29) is 0 Å². The van der Waals surface area contributed by atoms with Gasteiger partial charge in [-0.25, -0.2) is 0 Å². The van der Waals surface area contributed by atoms with Gasteiger partial charge in [-0.2, -0.15) is 0 Å². The number of rotatable bonds is 4. The van der Waals surface area contributed by atoms with E-state index in [0.29, 0.717) is 0 Å². The fourth-order valence-corrected chi connectivity index (χ4v) is 2.20. The second kappa shape index (κ2) is 5.84. The normalized spacial score (nSPS) is 15.3. The van der Waals surface area contributed by atoms with Crippen LogP contribution in [-0.2, 0) is 19.1 Å². The lowest BCUT2D eigenvalue weighted by molar-refractivity contribution is -0.144. The third-order valence-electron chi connectivity index (χ3n) is 2.12. The van der Waals surface area contributed by atoms with Gasteiger partial charge in [0.1, 0.15) is 9.65 Å². The van der Waals surface area contributed by atoms with Crippen LogP contribution in [0.5, 0.6) is 0 Å². The highest BCUT2D eigenvalue weighted by Gasteiger charge is 2.43. The molecule has 6 heteroatoms. The largest absolute Gasteiger partial charge is 0.468 e. The smallest absolute Gasteiger partial charge is 0.320 e. The molecule has 0 aliphatic heterocycles. The van der Waals surface area contributed by atoms with Crippen molar-refractivity contribution >= 4 is 43.8 Å². The number of hydrogen-bond acceptors (Lipinski definition) is 4. The van der Waals surface area contributed by atoms with Gasteiger partial charge in [0, 0.05) is 5.41 Å². The Bertz CT molecular complexity index is 228. The van der Waals surface area contributed by atoms with Crippen LogP contribution in [0.3, 0.4) is 0 Å². The zero-order valence-electron chi connectivity index (χ0n) is 9.04. The number of hydrogen-bond donors (Lipinski definition) is 0. The molecule has 0 fully saturated rings. The fraction of sp³-hybridized carbons (Fsp3) is 0.778. The molecule has 0 amide bonds. The lowest BCUT2D eigenvalue weighted by Crippen LogP contribution is -2.43. The van der Waals surface area contributed by atoms with Crippen molar-refractivity contribution < 1.29 is 19.1 Å².